The number of likely N-dealkylation sites (N-methyl/N-ethyl adjacent to an activating group) is 1. The molecule has 7 nitrogen and oxygen atoms in total. The van der Waals surface area contributed by atoms with Crippen LogP contribution in [0.2, 0.25) is 0 Å². The van der Waals surface area contributed by atoms with Crippen LogP contribution in [-0.4, -0.2) is 51.1 Å². The molecule has 0 amide bonds. The molecule has 1 aliphatic rings. The molecule has 2 aromatic heterocycles. The van der Waals surface area contributed by atoms with E-state index in [1.165, 1.54) is 11.1 Å². The summed E-state index contributed by atoms with van der Waals surface area (Å²) in [6, 6.07) is 10.1. The average molecular weight is 643 g/mol. The number of aryl methyl sites for hydroxylation is 1. The number of carbonyl (C=O) groups is 1. The predicted molar refractivity (Wildman–Crippen MR) is 162 cm³/mol. The number of ether oxygens (including phenoxy) is 2. The fraction of sp³-hybridized carbons (Fsp3) is 0.345. The number of hydrogen-bond acceptors (Lipinski definition) is 7. The Balaban J connectivity index is 1.59. The molecule has 38 heavy (non-hydrogen) atoms. The zero-order valence-electron chi connectivity index (χ0n) is 22.5. The van der Waals surface area contributed by atoms with Crippen molar-refractivity contribution in [3.05, 3.63) is 65.0 Å². The summed E-state index contributed by atoms with van der Waals surface area (Å²) in [7, 11) is 5.41. The number of carbonyl (C=O) groups excluding carboxylic acids is 1. The van der Waals surface area contributed by atoms with Crippen LogP contribution >= 0.6 is 30.3 Å². The minimum absolute atomic E-state index is 0.319. The van der Waals surface area contributed by atoms with Crippen LogP contribution in [0.25, 0.3) is 33.5 Å². The number of nitrogens with zero attached hydrogens (tertiary/aromatic N) is 4. The molecule has 0 atom stereocenters. The normalized spacial score (nSPS) is 14.0. The summed E-state index contributed by atoms with van der Waals surface area (Å²) in [6.45, 7) is 9.45. The average Bonchev–Trinajstić information content (AvgIpc) is 3.24. The van der Waals surface area contributed by atoms with Crippen molar-refractivity contribution in [3.63, 3.8) is 0 Å². The first-order chi connectivity index (χ1) is 18.1. The largest absolute Gasteiger partial charge is 0.496 e. The number of hydrogen-bond donors (Lipinski definition) is 0. The molecule has 0 saturated carbocycles. The fourth-order valence-corrected chi connectivity index (χ4v) is 6.14. The van der Waals surface area contributed by atoms with Crippen LogP contribution in [0, 0.1) is 6.92 Å². The number of esters is 1. The molecular weight excluding hydrogens is 611 g/mol. The van der Waals surface area contributed by atoms with Gasteiger partial charge in [0.15, 0.2) is 5.65 Å². The summed E-state index contributed by atoms with van der Waals surface area (Å²) >= 11 is 2.25. The predicted octanol–water partition coefficient (Wildman–Crippen LogP) is 6.87. The second-order valence-electron chi connectivity index (χ2n) is 10.7. The lowest BCUT2D eigenvalue weighted by Gasteiger charge is -2.27. The van der Waals surface area contributed by atoms with E-state index in [-0.39, 0.29) is 5.97 Å². The molecule has 4 aromatic rings. The van der Waals surface area contributed by atoms with Crippen molar-refractivity contribution in [2.24, 2.45) is 0 Å². The third-order valence-corrected chi connectivity index (χ3v) is 8.39. The molecule has 0 saturated heterocycles. The summed E-state index contributed by atoms with van der Waals surface area (Å²) in [4.78, 5) is 24.9. The third kappa shape index (κ3) is 5.28. The maximum absolute atomic E-state index is 12.7. The molecule has 0 spiro atoms. The smallest absolute Gasteiger partial charge is 0.338 e. The maximum Gasteiger partial charge on any atom is 0.338 e. The van der Waals surface area contributed by atoms with Crippen molar-refractivity contribution >= 4 is 47.5 Å². The van der Waals surface area contributed by atoms with E-state index in [0.29, 0.717) is 5.56 Å². The quantitative estimate of drug-likeness (QED) is 0.174. The van der Waals surface area contributed by atoms with Crippen LogP contribution in [-0.2, 0) is 17.7 Å². The zero-order valence-corrected chi connectivity index (χ0v) is 25.4. The van der Waals surface area contributed by atoms with E-state index in [9.17, 15) is 4.79 Å². The summed E-state index contributed by atoms with van der Waals surface area (Å²) in [6.07, 6.45) is 4.86. The van der Waals surface area contributed by atoms with Gasteiger partial charge in [0.1, 0.15) is 16.9 Å². The lowest BCUT2D eigenvalue weighted by Crippen LogP contribution is -2.26. The van der Waals surface area contributed by atoms with Crippen molar-refractivity contribution in [2.75, 3.05) is 20.7 Å². The van der Waals surface area contributed by atoms with Gasteiger partial charge in [-0.1, -0.05) is 12.1 Å². The molecule has 0 fully saturated rings. The lowest BCUT2D eigenvalue weighted by molar-refractivity contribution is 0.00688. The first-order valence-corrected chi connectivity index (χ1v) is 15.8. The Morgan fingerprint density at radius 2 is 1.95 bits per heavy atom. The molecule has 3 heterocycles. The van der Waals surface area contributed by atoms with E-state index < -0.39 is 5.60 Å². The summed E-state index contributed by atoms with van der Waals surface area (Å²) in [5.74, 6) is 0.586. The Hall–Kier alpha value is -2.63. The van der Waals surface area contributed by atoms with Crippen molar-refractivity contribution in [3.8, 4) is 28.1 Å². The first-order valence-electron chi connectivity index (χ1n) is 12.5. The highest BCUT2D eigenvalue weighted by molar-refractivity contribution is 14.2. The zero-order chi connectivity index (χ0) is 27.2. The molecular formula is C29H31IN4O3S. The van der Waals surface area contributed by atoms with E-state index >= 15 is 0 Å². The van der Waals surface area contributed by atoms with Crippen LogP contribution in [0.15, 0.2) is 42.7 Å². The van der Waals surface area contributed by atoms with Crippen LogP contribution in [0.5, 0.6) is 5.75 Å². The number of benzene rings is 2. The Morgan fingerprint density at radius 3 is 2.63 bits per heavy atom. The highest BCUT2D eigenvalue weighted by Crippen LogP contribution is 2.37. The molecule has 0 N–H and O–H groups in total. The van der Waals surface area contributed by atoms with Crippen LogP contribution in [0.1, 0.15) is 47.8 Å². The molecule has 0 radical (unpaired) electrons. The number of halogens is 1. The highest BCUT2D eigenvalue weighted by Gasteiger charge is 2.22. The van der Waals surface area contributed by atoms with E-state index in [2.05, 4.69) is 51.5 Å². The van der Waals surface area contributed by atoms with E-state index in [1.54, 1.807) is 16.2 Å². The second-order valence-corrected chi connectivity index (χ2v) is 12.4. The molecule has 5 rings (SSSR count). The van der Waals surface area contributed by atoms with E-state index in [1.807, 2.05) is 56.1 Å². The van der Waals surface area contributed by atoms with Crippen LogP contribution in [0.4, 0.5) is 0 Å². The number of methoxy groups -OCH3 is 1. The summed E-state index contributed by atoms with van der Waals surface area (Å²) in [5.41, 5.74) is 8.73. The summed E-state index contributed by atoms with van der Waals surface area (Å²) in [5, 5.41) is 0. The molecule has 0 bridgehead atoms. The van der Waals surface area contributed by atoms with Gasteiger partial charge >= 0.3 is 5.97 Å². The maximum atomic E-state index is 12.7. The van der Waals surface area contributed by atoms with Gasteiger partial charge in [0.2, 0.25) is 0 Å². The number of aromatic nitrogens is 3. The van der Waals surface area contributed by atoms with Gasteiger partial charge in [0.25, 0.3) is 0 Å². The Labute approximate surface area is 239 Å². The molecule has 0 aliphatic carbocycles. The molecule has 0 unspecified atom stereocenters. The standard InChI is InChI=1S/C29H31IN4O3S/c1-17-11-18(7-8-21(17)28(35)37-29(2,3)4)23-16-34(38-30)27-26(23)32-24(14-31-27)19-12-20-15-33(5)10-9-22(20)25(13-19)36-6/h7-8,11-14,16H,9-10,15H2,1-6H3. The molecule has 9 heteroatoms. The van der Waals surface area contributed by atoms with Crippen molar-refractivity contribution < 1.29 is 14.3 Å². The highest BCUT2D eigenvalue weighted by atomic mass is 127. The number of fused-ring (bicyclic) bond motifs is 2. The van der Waals surface area contributed by atoms with Gasteiger partial charge in [0.05, 0.1) is 24.6 Å². The molecule has 1 aliphatic heterocycles. The molecule has 2 aromatic carbocycles. The Morgan fingerprint density at radius 1 is 1.16 bits per heavy atom. The second kappa shape index (κ2) is 10.5. The van der Waals surface area contributed by atoms with Gasteiger partial charge in [-0.05, 0) is 81.6 Å². The monoisotopic (exact) mass is 642 g/mol. The first kappa shape index (κ1) is 27.0. The lowest BCUT2D eigenvalue weighted by atomic mass is 9.95. The molecule has 198 valence electrons. The van der Waals surface area contributed by atoms with E-state index in [0.717, 1.165) is 64.4 Å². The summed E-state index contributed by atoms with van der Waals surface area (Å²) < 4.78 is 13.4. The Kier molecular flexibility index (Phi) is 7.45. The van der Waals surface area contributed by atoms with Crippen LogP contribution < -0.4 is 4.74 Å². The SMILES string of the molecule is COc1cc(-c2cnc3c(n2)c(-c2ccc(C(=O)OC(C)(C)C)c(C)c2)cn3SI)cc2c1CCN(C)C2. The fourth-order valence-electron chi connectivity index (χ4n) is 4.89. The Bertz CT molecular complexity index is 1540. The third-order valence-electron chi connectivity index (χ3n) is 6.69. The van der Waals surface area contributed by atoms with Gasteiger partial charge in [-0.25, -0.2) is 14.8 Å². The minimum Gasteiger partial charge on any atom is -0.496 e. The topological polar surface area (TPSA) is 69.5 Å². The van der Waals surface area contributed by atoms with Gasteiger partial charge in [-0.2, -0.15) is 0 Å². The minimum atomic E-state index is -0.548. The van der Waals surface area contributed by atoms with Crippen molar-refractivity contribution in [1.29, 1.82) is 0 Å². The van der Waals surface area contributed by atoms with E-state index in [4.69, 9.17) is 19.4 Å². The van der Waals surface area contributed by atoms with Crippen molar-refractivity contribution in [2.45, 2.75) is 46.3 Å². The van der Waals surface area contributed by atoms with Crippen molar-refractivity contribution in [1.82, 2.24) is 18.8 Å². The van der Waals surface area contributed by atoms with Gasteiger partial charge in [-0.3, -0.25) is 3.97 Å². The van der Waals surface area contributed by atoms with Gasteiger partial charge in [0, 0.05) is 60.7 Å². The number of rotatable bonds is 5. The van der Waals surface area contributed by atoms with Gasteiger partial charge < -0.3 is 14.4 Å². The van der Waals surface area contributed by atoms with Gasteiger partial charge in [-0.15, -0.1) is 0 Å². The van der Waals surface area contributed by atoms with Crippen LogP contribution in [0.3, 0.4) is 0 Å².